The van der Waals surface area contributed by atoms with Crippen molar-refractivity contribution >= 4 is 50.2 Å². The normalized spacial score (nSPS) is 17.0. The van der Waals surface area contributed by atoms with E-state index in [1.807, 2.05) is 6.07 Å². The largest absolute Gasteiger partial charge is 0.326 e. The maximum absolute atomic E-state index is 14.4. The van der Waals surface area contributed by atoms with Crippen LogP contribution in [0, 0.1) is 13.8 Å². The second kappa shape index (κ2) is 10.6. The Kier molecular flexibility index (Phi) is 7.17. The van der Waals surface area contributed by atoms with Gasteiger partial charge in [-0.2, -0.15) is 5.10 Å². The smallest absolute Gasteiger partial charge is 0.248 e. The van der Waals surface area contributed by atoms with Crippen molar-refractivity contribution < 1.29 is 18.8 Å². The molecule has 0 unspecified atom stereocenters. The monoisotopic (exact) mass is 594 g/mol. The number of aromatic nitrogens is 6. The van der Waals surface area contributed by atoms with Crippen molar-refractivity contribution in [3.63, 3.8) is 0 Å². The van der Waals surface area contributed by atoms with Gasteiger partial charge in [-0.15, -0.1) is 0 Å². The number of halogens is 2. The molecule has 1 saturated heterocycles. The highest BCUT2D eigenvalue weighted by molar-refractivity contribution is 9.10. The summed E-state index contributed by atoms with van der Waals surface area (Å²) in [7, 11) is 0. The number of rotatable bonds is 6. The maximum atomic E-state index is 14.4. The van der Waals surface area contributed by atoms with Gasteiger partial charge in [0.25, 0.3) is 0 Å². The van der Waals surface area contributed by atoms with E-state index in [1.54, 1.807) is 38.4 Å². The number of amides is 2. The van der Waals surface area contributed by atoms with Gasteiger partial charge in [-0.1, -0.05) is 6.07 Å². The van der Waals surface area contributed by atoms with E-state index in [9.17, 15) is 18.8 Å². The van der Waals surface area contributed by atoms with Gasteiger partial charge in [0.2, 0.25) is 11.8 Å². The molecule has 1 aromatic carbocycles. The Morgan fingerprint density at radius 2 is 1.85 bits per heavy atom. The zero-order valence-corrected chi connectivity index (χ0v) is 22.9. The molecule has 200 valence electrons. The van der Waals surface area contributed by atoms with Crippen LogP contribution in [0.5, 0.6) is 0 Å². The molecule has 0 aliphatic carbocycles. The first-order chi connectivity index (χ1) is 18.6. The van der Waals surface area contributed by atoms with Gasteiger partial charge < -0.3 is 10.2 Å². The van der Waals surface area contributed by atoms with Crippen LogP contribution in [0.3, 0.4) is 0 Å². The first kappa shape index (κ1) is 26.5. The van der Waals surface area contributed by atoms with Crippen LogP contribution in [0.15, 0.2) is 41.4 Å². The van der Waals surface area contributed by atoms with Crippen LogP contribution < -0.4 is 5.32 Å². The van der Waals surface area contributed by atoms with Crippen molar-refractivity contribution in [3.05, 3.63) is 58.6 Å². The molecule has 11 nitrogen and oxygen atoms in total. The van der Waals surface area contributed by atoms with E-state index < -0.39 is 24.0 Å². The van der Waals surface area contributed by atoms with Gasteiger partial charge in [-0.25, -0.2) is 19.3 Å². The van der Waals surface area contributed by atoms with Crippen LogP contribution in [0.4, 0.5) is 10.2 Å². The number of fused-ring (bicyclic) bond motifs is 1. The Labute approximate surface area is 231 Å². The molecule has 5 rings (SSSR count). The summed E-state index contributed by atoms with van der Waals surface area (Å²) in [6, 6.07) is 4.36. The number of hydrogen-bond donors (Lipinski definition) is 1. The predicted octanol–water partition coefficient (Wildman–Crippen LogP) is 3.44. The summed E-state index contributed by atoms with van der Waals surface area (Å²) in [5.41, 5.74) is 2.96. The summed E-state index contributed by atoms with van der Waals surface area (Å²) >= 11 is 3.26. The Morgan fingerprint density at radius 3 is 2.54 bits per heavy atom. The average molecular weight is 595 g/mol. The molecule has 4 aromatic rings. The van der Waals surface area contributed by atoms with Crippen molar-refractivity contribution in [2.75, 3.05) is 11.9 Å². The lowest BCUT2D eigenvalue weighted by molar-refractivity contribution is -0.137. The van der Waals surface area contributed by atoms with Gasteiger partial charge in [0.05, 0.1) is 24.0 Å². The molecular weight excluding hydrogens is 571 g/mol. The number of aryl methyl sites for hydroxylation is 2. The number of carbonyl (C=O) groups excluding carboxylic acids is 3. The van der Waals surface area contributed by atoms with E-state index in [-0.39, 0.29) is 36.8 Å². The molecule has 2 atom stereocenters. The van der Waals surface area contributed by atoms with Gasteiger partial charge in [0.1, 0.15) is 34.9 Å². The second-order valence-electron chi connectivity index (χ2n) is 9.33. The molecule has 3 aromatic heterocycles. The number of anilines is 1. The maximum Gasteiger partial charge on any atom is 0.248 e. The molecule has 39 heavy (non-hydrogen) atoms. The molecule has 0 spiro atoms. The van der Waals surface area contributed by atoms with Crippen molar-refractivity contribution in [1.82, 2.24) is 34.6 Å². The van der Waals surface area contributed by atoms with Crippen molar-refractivity contribution in [2.24, 2.45) is 0 Å². The van der Waals surface area contributed by atoms with E-state index >= 15 is 0 Å². The van der Waals surface area contributed by atoms with Crippen LogP contribution in [-0.2, 0) is 16.1 Å². The number of Topliss-reactive ketones (excluding diaryl/α,β-unsaturated/α-hetero) is 1. The topological polar surface area (TPSA) is 136 Å². The lowest BCUT2D eigenvalue weighted by Gasteiger charge is -2.23. The molecule has 1 fully saturated rings. The summed E-state index contributed by atoms with van der Waals surface area (Å²) in [5, 5.41) is 7.57. The fourth-order valence-corrected chi connectivity index (χ4v) is 4.80. The number of alkyl halides is 1. The molecule has 13 heteroatoms. The first-order valence-electron chi connectivity index (χ1n) is 12.1. The third-order valence-electron chi connectivity index (χ3n) is 6.51. The third kappa shape index (κ3) is 5.39. The second-order valence-corrected chi connectivity index (χ2v) is 10.1. The third-order valence-corrected chi connectivity index (χ3v) is 7.26. The molecule has 0 bridgehead atoms. The summed E-state index contributed by atoms with van der Waals surface area (Å²) < 4.78 is 16.3. The number of nitrogens with one attached hydrogen (secondary N) is 1. The molecule has 0 saturated carbocycles. The zero-order chi connectivity index (χ0) is 27.8. The van der Waals surface area contributed by atoms with E-state index in [1.165, 1.54) is 22.7 Å². The van der Waals surface area contributed by atoms with Gasteiger partial charge in [0, 0.05) is 36.7 Å². The highest BCUT2D eigenvalue weighted by Gasteiger charge is 2.40. The fraction of sp³-hybridized carbons (Fsp3) is 0.308. The van der Waals surface area contributed by atoms with Gasteiger partial charge in [-0.05, 0) is 47.5 Å². The molecular formula is C26H24BrFN8O3. The van der Waals surface area contributed by atoms with Crippen LogP contribution >= 0.6 is 15.9 Å². The Hall–Kier alpha value is -4.13. The molecule has 1 N–H and O–H groups in total. The molecule has 4 heterocycles. The predicted molar refractivity (Wildman–Crippen MR) is 144 cm³/mol. The van der Waals surface area contributed by atoms with Crippen LogP contribution in [0.2, 0.25) is 0 Å². The molecule has 0 radical (unpaired) electrons. The average Bonchev–Trinajstić information content (AvgIpc) is 3.47. The molecule has 1 aliphatic heterocycles. The fourth-order valence-electron chi connectivity index (χ4n) is 4.51. The van der Waals surface area contributed by atoms with Crippen molar-refractivity contribution in [3.8, 4) is 11.1 Å². The van der Waals surface area contributed by atoms with Gasteiger partial charge in [-0.3, -0.25) is 24.0 Å². The van der Waals surface area contributed by atoms with E-state index in [0.717, 1.165) is 11.1 Å². The van der Waals surface area contributed by atoms with Crippen LogP contribution in [-0.4, -0.2) is 71.0 Å². The van der Waals surface area contributed by atoms with Crippen LogP contribution in [0.1, 0.15) is 35.4 Å². The first-order valence-corrected chi connectivity index (χ1v) is 12.9. The quantitative estimate of drug-likeness (QED) is 0.335. The highest BCUT2D eigenvalue weighted by Crippen LogP contribution is 2.28. The summed E-state index contributed by atoms with van der Waals surface area (Å²) in [6.07, 6.45) is 3.28. The lowest BCUT2D eigenvalue weighted by atomic mass is 10.0. The highest BCUT2D eigenvalue weighted by atomic mass is 79.9. The van der Waals surface area contributed by atoms with E-state index in [0.29, 0.717) is 27.0 Å². The molecule has 1 aliphatic rings. The number of benzene rings is 1. The Balaban J connectivity index is 1.40. The standard InChI is InChI=1S/C26H24BrFN8O3/c1-13-25(27)32-22(10-29-13)33-26(39)21-7-18(28)11-35(21)23(38)12-36-20-5-4-16(17-8-30-15(3)31-9-17)6-19(20)24(34-36)14(2)37/h4-6,8-10,18,21H,7,11-12H2,1-3H3,(H,32,33,39)/t18-,21+/m1/s1. The summed E-state index contributed by atoms with van der Waals surface area (Å²) in [4.78, 5) is 56.7. The molecule has 2 amide bonds. The number of hydrogen-bond acceptors (Lipinski definition) is 8. The minimum Gasteiger partial charge on any atom is -0.326 e. The zero-order valence-electron chi connectivity index (χ0n) is 21.4. The number of nitrogens with zero attached hydrogens (tertiary/aromatic N) is 7. The van der Waals surface area contributed by atoms with Gasteiger partial charge >= 0.3 is 0 Å². The minimum absolute atomic E-state index is 0.140. The van der Waals surface area contributed by atoms with Crippen LogP contribution in [0.25, 0.3) is 22.0 Å². The Bertz CT molecular complexity index is 1610. The minimum atomic E-state index is -1.36. The number of ketones is 1. The lowest BCUT2D eigenvalue weighted by Crippen LogP contribution is -2.44. The van der Waals surface area contributed by atoms with Crippen molar-refractivity contribution in [2.45, 2.75) is 46.0 Å². The van der Waals surface area contributed by atoms with Gasteiger partial charge in [0.15, 0.2) is 11.6 Å². The Morgan fingerprint density at radius 1 is 1.10 bits per heavy atom. The summed E-state index contributed by atoms with van der Waals surface area (Å²) in [6.45, 7) is 4.44. The van der Waals surface area contributed by atoms with E-state index in [4.69, 9.17) is 0 Å². The van der Waals surface area contributed by atoms with Crippen molar-refractivity contribution in [1.29, 1.82) is 0 Å². The number of likely N-dealkylation sites (tertiary alicyclic amines) is 1. The SMILES string of the molecule is CC(=O)c1nn(CC(=O)N2C[C@H](F)C[C@H]2C(=O)Nc2cnc(C)c(Br)n2)c2ccc(-c3cnc(C)nc3)cc12. The summed E-state index contributed by atoms with van der Waals surface area (Å²) in [5.74, 6) is -0.503. The number of carbonyl (C=O) groups is 3. The van der Waals surface area contributed by atoms with E-state index in [2.05, 4.69) is 46.3 Å².